The molecule has 0 bridgehead atoms. The van der Waals surface area contributed by atoms with Gasteiger partial charge in [-0.2, -0.15) is 4.98 Å². The quantitative estimate of drug-likeness (QED) is 0.693. The standard InChI is InChI=1S/C16H12ClN3O/c1-3-4-14-15(12-5-7-13(17)8-6-12)19-16(21-14)20-10-9-18-11(20)2/h1,5-10H,4H2,2H3. The van der Waals surface area contributed by atoms with E-state index in [-0.39, 0.29) is 0 Å². The van der Waals surface area contributed by atoms with Gasteiger partial charge in [0.15, 0.2) is 0 Å². The summed E-state index contributed by atoms with van der Waals surface area (Å²) < 4.78 is 7.58. The number of hydrogen-bond donors (Lipinski definition) is 0. The molecule has 104 valence electrons. The van der Waals surface area contributed by atoms with Gasteiger partial charge in [-0.1, -0.05) is 29.7 Å². The lowest BCUT2D eigenvalue weighted by atomic mass is 10.1. The van der Waals surface area contributed by atoms with E-state index in [0.717, 1.165) is 17.1 Å². The van der Waals surface area contributed by atoms with Crippen LogP contribution in [0, 0.1) is 19.3 Å². The van der Waals surface area contributed by atoms with Crippen LogP contribution < -0.4 is 0 Å². The summed E-state index contributed by atoms with van der Waals surface area (Å²) in [6.45, 7) is 1.88. The second kappa shape index (κ2) is 5.47. The van der Waals surface area contributed by atoms with Crippen molar-refractivity contribution in [2.24, 2.45) is 0 Å². The third-order valence-corrected chi connectivity index (χ3v) is 3.35. The van der Waals surface area contributed by atoms with E-state index >= 15 is 0 Å². The molecular formula is C16H12ClN3O. The number of aryl methyl sites for hydroxylation is 1. The second-order valence-corrected chi connectivity index (χ2v) is 4.94. The molecule has 0 radical (unpaired) electrons. The second-order valence-electron chi connectivity index (χ2n) is 4.50. The van der Waals surface area contributed by atoms with E-state index in [9.17, 15) is 0 Å². The molecule has 0 fully saturated rings. The van der Waals surface area contributed by atoms with Gasteiger partial charge in [0, 0.05) is 23.0 Å². The molecule has 0 N–H and O–H groups in total. The predicted octanol–water partition coefficient (Wildman–Crippen LogP) is 3.66. The minimum atomic E-state index is 0.374. The van der Waals surface area contributed by atoms with Gasteiger partial charge in [0.25, 0.3) is 0 Å². The monoisotopic (exact) mass is 297 g/mol. The Morgan fingerprint density at radius 3 is 2.71 bits per heavy atom. The Labute approximate surface area is 127 Å². The smallest absolute Gasteiger partial charge is 0.307 e. The number of imidazole rings is 1. The number of hydrogen-bond acceptors (Lipinski definition) is 3. The summed E-state index contributed by atoms with van der Waals surface area (Å²) in [7, 11) is 0. The van der Waals surface area contributed by atoms with Gasteiger partial charge in [0.2, 0.25) is 0 Å². The van der Waals surface area contributed by atoms with Gasteiger partial charge < -0.3 is 4.42 Å². The molecule has 0 spiro atoms. The highest BCUT2D eigenvalue weighted by Crippen LogP contribution is 2.27. The number of terminal acetylenes is 1. The molecular weight excluding hydrogens is 286 g/mol. The summed E-state index contributed by atoms with van der Waals surface area (Å²) in [6.07, 6.45) is 9.28. The van der Waals surface area contributed by atoms with Crippen LogP contribution in [0.5, 0.6) is 0 Å². The Balaban J connectivity index is 2.11. The van der Waals surface area contributed by atoms with E-state index in [4.69, 9.17) is 22.4 Å². The topological polar surface area (TPSA) is 43.9 Å². The first kappa shape index (κ1) is 13.5. The van der Waals surface area contributed by atoms with Crippen LogP contribution in [0.2, 0.25) is 5.02 Å². The van der Waals surface area contributed by atoms with Crippen LogP contribution in [0.4, 0.5) is 0 Å². The Morgan fingerprint density at radius 1 is 1.33 bits per heavy atom. The number of benzene rings is 1. The maximum atomic E-state index is 5.92. The van der Waals surface area contributed by atoms with Crippen molar-refractivity contribution in [3.63, 3.8) is 0 Å². The maximum Gasteiger partial charge on any atom is 0.307 e. The summed E-state index contributed by atoms with van der Waals surface area (Å²) >= 11 is 5.92. The van der Waals surface area contributed by atoms with E-state index in [1.807, 2.05) is 31.2 Å². The van der Waals surface area contributed by atoms with Crippen molar-refractivity contribution >= 4 is 11.6 Å². The number of oxazole rings is 1. The fraction of sp³-hybridized carbons (Fsp3) is 0.125. The van der Waals surface area contributed by atoms with Gasteiger partial charge >= 0.3 is 6.01 Å². The van der Waals surface area contributed by atoms with Crippen molar-refractivity contribution in [1.82, 2.24) is 14.5 Å². The zero-order valence-electron chi connectivity index (χ0n) is 11.4. The van der Waals surface area contributed by atoms with Gasteiger partial charge in [-0.05, 0) is 19.1 Å². The molecule has 21 heavy (non-hydrogen) atoms. The minimum absolute atomic E-state index is 0.374. The Kier molecular flexibility index (Phi) is 3.51. The average Bonchev–Trinajstić information content (AvgIpc) is 3.06. The average molecular weight is 298 g/mol. The molecule has 1 aromatic carbocycles. The van der Waals surface area contributed by atoms with E-state index in [1.165, 1.54) is 0 Å². The zero-order valence-corrected chi connectivity index (χ0v) is 12.1. The van der Waals surface area contributed by atoms with Gasteiger partial charge in [-0.25, -0.2) is 4.98 Å². The summed E-state index contributed by atoms with van der Waals surface area (Å²) in [5.74, 6) is 4.05. The molecule has 3 aromatic rings. The van der Waals surface area contributed by atoms with E-state index in [0.29, 0.717) is 23.2 Å². The van der Waals surface area contributed by atoms with Crippen molar-refractivity contribution in [1.29, 1.82) is 0 Å². The fourth-order valence-corrected chi connectivity index (χ4v) is 2.19. The molecule has 0 saturated carbocycles. The van der Waals surface area contributed by atoms with Crippen LogP contribution >= 0.6 is 11.6 Å². The molecule has 5 heteroatoms. The molecule has 2 heterocycles. The molecule has 0 unspecified atom stereocenters. The van der Waals surface area contributed by atoms with Crippen LogP contribution in [-0.2, 0) is 6.42 Å². The number of aromatic nitrogens is 3. The Morgan fingerprint density at radius 2 is 2.10 bits per heavy atom. The van der Waals surface area contributed by atoms with Crippen LogP contribution in [0.15, 0.2) is 41.1 Å². The van der Waals surface area contributed by atoms with Crippen molar-refractivity contribution in [3.05, 3.63) is 53.3 Å². The number of halogens is 1. The molecule has 0 atom stereocenters. The lowest BCUT2D eigenvalue weighted by Crippen LogP contribution is -1.95. The molecule has 0 aliphatic rings. The highest BCUT2D eigenvalue weighted by atomic mass is 35.5. The molecule has 3 rings (SSSR count). The third kappa shape index (κ3) is 2.56. The van der Waals surface area contributed by atoms with E-state index in [1.54, 1.807) is 17.0 Å². The minimum Gasteiger partial charge on any atom is -0.426 e. The molecule has 2 aromatic heterocycles. The lowest BCUT2D eigenvalue weighted by Gasteiger charge is -1.98. The molecule has 0 aliphatic heterocycles. The van der Waals surface area contributed by atoms with Gasteiger partial charge in [0.05, 0.1) is 6.42 Å². The number of nitrogens with zero attached hydrogens (tertiary/aromatic N) is 3. The fourth-order valence-electron chi connectivity index (χ4n) is 2.07. The predicted molar refractivity (Wildman–Crippen MR) is 81.3 cm³/mol. The summed E-state index contributed by atoms with van der Waals surface area (Å²) in [5.41, 5.74) is 1.64. The first-order valence-electron chi connectivity index (χ1n) is 6.38. The van der Waals surface area contributed by atoms with Gasteiger partial charge in [-0.15, -0.1) is 6.42 Å². The van der Waals surface area contributed by atoms with Crippen LogP contribution in [0.3, 0.4) is 0 Å². The molecule has 0 amide bonds. The summed E-state index contributed by atoms with van der Waals surface area (Å²) in [4.78, 5) is 8.72. The maximum absolute atomic E-state index is 5.92. The zero-order chi connectivity index (χ0) is 14.8. The largest absolute Gasteiger partial charge is 0.426 e. The van der Waals surface area contributed by atoms with E-state index < -0.39 is 0 Å². The normalized spacial score (nSPS) is 10.5. The lowest BCUT2D eigenvalue weighted by molar-refractivity contribution is 0.491. The van der Waals surface area contributed by atoms with Gasteiger partial charge in [-0.3, -0.25) is 4.57 Å². The van der Waals surface area contributed by atoms with Crippen LogP contribution in [-0.4, -0.2) is 14.5 Å². The highest BCUT2D eigenvalue weighted by molar-refractivity contribution is 6.30. The summed E-state index contributed by atoms with van der Waals surface area (Å²) in [5, 5.41) is 0.673. The SMILES string of the molecule is C#CCc1oc(-n2ccnc2C)nc1-c1ccc(Cl)cc1. The molecule has 4 nitrogen and oxygen atoms in total. The third-order valence-electron chi connectivity index (χ3n) is 3.10. The van der Waals surface area contributed by atoms with Crippen LogP contribution in [0.25, 0.3) is 17.3 Å². The van der Waals surface area contributed by atoms with Crippen LogP contribution in [0.1, 0.15) is 11.6 Å². The first-order valence-corrected chi connectivity index (χ1v) is 6.76. The molecule has 0 aliphatic carbocycles. The number of rotatable bonds is 3. The van der Waals surface area contributed by atoms with Gasteiger partial charge in [0.1, 0.15) is 17.3 Å². The van der Waals surface area contributed by atoms with Crippen molar-refractivity contribution in [2.45, 2.75) is 13.3 Å². The Hall–Kier alpha value is -2.51. The Bertz CT molecular complexity index is 809. The van der Waals surface area contributed by atoms with Crippen molar-refractivity contribution in [2.75, 3.05) is 0 Å². The molecule has 0 saturated heterocycles. The van der Waals surface area contributed by atoms with E-state index in [2.05, 4.69) is 15.9 Å². The first-order chi connectivity index (χ1) is 10.2. The van der Waals surface area contributed by atoms with Crippen molar-refractivity contribution < 1.29 is 4.42 Å². The highest BCUT2D eigenvalue weighted by Gasteiger charge is 2.16. The van der Waals surface area contributed by atoms with Crippen molar-refractivity contribution in [3.8, 4) is 29.6 Å². The summed E-state index contributed by atoms with van der Waals surface area (Å²) in [6, 6.07) is 7.87.